The summed E-state index contributed by atoms with van der Waals surface area (Å²) in [4.78, 5) is 11.8. The first kappa shape index (κ1) is 16.7. The Morgan fingerprint density at radius 1 is 1.15 bits per heavy atom. The standard InChI is InChI=1S/C20H23N5O/c1-15-12-19(26-18-6-4-3-5-7-18)23-20(22-15)16-9-11-25(13-16)14-17-8-10-21-24(17)2/h3-8,10,12,16H,9,11,13-14H2,1-2H3. The van der Waals surface area contributed by atoms with Gasteiger partial charge in [-0.3, -0.25) is 9.58 Å². The van der Waals surface area contributed by atoms with Crippen LogP contribution in [0.15, 0.2) is 48.7 Å². The summed E-state index contributed by atoms with van der Waals surface area (Å²) in [6.07, 6.45) is 2.91. The Morgan fingerprint density at radius 3 is 2.77 bits per heavy atom. The maximum Gasteiger partial charge on any atom is 0.222 e. The molecule has 134 valence electrons. The molecule has 3 aromatic rings. The molecule has 0 spiro atoms. The second-order valence-corrected chi connectivity index (χ2v) is 6.79. The number of para-hydroxylation sites is 1. The molecule has 0 N–H and O–H groups in total. The van der Waals surface area contributed by atoms with Gasteiger partial charge in [-0.1, -0.05) is 18.2 Å². The summed E-state index contributed by atoms with van der Waals surface area (Å²) < 4.78 is 7.84. The van der Waals surface area contributed by atoms with Crippen molar-refractivity contribution >= 4 is 0 Å². The highest BCUT2D eigenvalue weighted by Gasteiger charge is 2.27. The van der Waals surface area contributed by atoms with Crippen molar-refractivity contribution < 1.29 is 4.74 Å². The van der Waals surface area contributed by atoms with Crippen molar-refractivity contribution in [3.8, 4) is 11.6 Å². The molecule has 1 aliphatic heterocycles. The quantitative estimate of drug-likeness (QED) is 0.707. The minimum absolute atomic E-state index is 0.334. The molecule has 1 aliphatic rings. The van der Waals surface area contributed by atoms with Crippen LogP contribution in [0.3, 0.4) is 0 Å². The lowest BCUT2D eigenvalue weighted by Crippen LogP contribution is -2.21. The molecule has 26 heavy (non-hydrogen) atoms. The van der Waals surface area contributed by atoms with Crippen molar-refractivity contribution in [3.63, 3.8) is 0 Å². The van der Waals surface area contributed by atoms with Crippen molar-refractivity contribution in [1.82, 2.24) is 24.6 Å². The van der Waals surface area contributed by atoms with Gasteiger partial charge in [0, 0.05) is 44.0 Å². The third kappa shape index (κ3) is 3.75. The van der Waals surface area contributed by atoms with Crippen molar-refractivity contribution in [1.29, 1.82) is 0 Å². The van der Waals surface area contributed by atoms with Gasteiger partial charge in [0.05, 0.1) is 5.69 Å². The lowest BCUT2D eigenvalue weighted by molar-refractivity contribution is 0.315. The van der Waals surface area contributed by atoms with Crippen LogP contribution in [0.1, 0.15) is 29.6 Å². The predicted octanol–water partition coefficient (Wildman–Crippen LogP) is 3.30. The molecule has 6 nitrogen and oxygen atoms in total. The monoisotopic (exact) mass is 349 g/mol. The van der Waals surface area contributed by atoms with E-state index in [-0.39, 0.29) is 0 Å². The van der Waals surface area contributed by atoms with Gasteiger partial charge >= 0.3 is 0 Å². The number of nitrogens with zero attached hydrogens (tertiary/aromatic N) is 5. The molecule has 0 aliphatic carbocycles. The Labute approximate surface area is 153 Å². The number of rotatable bonds is 5. The third-order valence-electron chi connectivity index (χ3n) is 4.76. The Kier molecular flexibility index (Phi) is 4.67. The molecule has 0 amide bonds. The Bertz CT molecular complexity index is 877. The molecule has 1 aromatic carbocycles. The lowest BCUT2D eigenvalue weighted by atomic mass is 10.1. The number of hydrogen-bond donors (Lipinski definition) is 0. The Hall–Kier alpha value is -2.73. The highest BCUT2D eigenvalue weighted by atomic mass is 16.5. The summed E-state index contributed by atoms with van der Waals surface area (Å²) in [5, 5.41) is 4.25. The summed E-state index contributed by atoms with van der Waals surface area (Å²) in [6.45, 7) is 4.90. The largest absolute Gasteiger partial charge is 0.439 e. The highest BCUT2D eigenvalue weighted by molar-refractivity contribution is 5.28. The molecule has 6 heteroatoms. The van der Waals surface area contributed by atoms with Gasteiger partial charge in [-0.05, 0) is 38.1 Å². The molecule has 1 unspecified atom stereocenters. The Balaban J connectivity index is 1.47. The first-order valence-electron chi connectivity index (χ1n) is 8.95. The molecular formula is C20H23N5O. The summed E-state index contributed by atoms with van der Waals surface area (Å²) in [5.74, 6) is 2.62. The van der Waals surface area contributed by atoms with E-state index in [4.69, 9.17) is 4.74 Å². The van der Waals surface area contributed by atoms with Gasteiger partial charge in [-0.2, -0.15) is 10.1 Å². The minimum atomic E-state index is 0.334. The van der Waals surface area contributed by atoms with Crippen molar-refractivity contribution in [3.05, 3.63) is 65.9 Å². The second kappa shape index (κ2) is 7.25. The maximum atomic E-state index is 5.91. The van der Waals surface area contributed by atoms with Gasteiger partial charge in [0.1, 0.15) is 11.6 Å². The second-order valence-electron chi connectivity index (χ2n) is 6.79. The highest BCUT2D eigenvalue weighted by Crippen LogP contribution is 2.28. The molecular weight excluding hydrogens is 326 g/mol. The van der Waals surface area contributed by atoms with E-state index in [1.165, 1.54) is 5.69 Å². The van der Waals surface area contributed by atoms with Crippen LogP contribution in [0.2, 0.25) is 0 Å². The minimum Gasteiger partial charge on any atom is -0.439 e. The summed E-state index contributed by atoms with van der Waals surface area (Å²) >= 11 is 0. The number of hydrogen-bond acceptors (Lipinski definition) is 5. The molecule has 0 saturated carbocycles. The summed E-state index contributed by atoms with van der Waals surface area (Å²) in [6, 6.07) is 13.7. The molecule has 0 bridgehead atoms. The van der Waals surface area contributed by atoms with Crippen LogP contribution in [0.25, 0.3) is 0 Å². The van der Waals surface area contributed by atoms with Crippen molar-refractivity contribution in [2.45, 2.75) is 25.8 Å². The van der Waals surface area contributed by atoms with Gasteiger partial charge in [0.15, 0.2) is 0 Å². The van der Waals surface area contributed by atoms with Crippen LogP contribution in [0.4, 0.5) is 0 Å². The van der Waals surface area contributed by atoms with Crippen LogP contribution in [-0.4, -0.2) is 37.7 Å². The van der Waals surface area contributed by atoms with Crippen LogP contribution in [0.5, 0.6) is 11.6 Å². The molecule has 1 atom stereocenters. The average molecular weight is 349 g/mol. The third-order valence-corrected chi connectivity index (χ3v) is 4.76. The van der Waals surface area contributed by atoms with E-state index in [0.29, 0.717) is 11.8 Å². The van der Waals surface area contributed by atoms with Crippen molar-refractivity contribution in [2.75, 3.05) is 13.1 Å². The van der Waals surface area contributed by atoms with E-state index in [9.17, 15) is 0 Å². The first-order chi connectivity index (χ1) is 12.7. The normalized spacial score (nSPS) is 17.5. The van der Waals surface area contributed by atoms with Gasteiger partial charge in [-0.15, -0.1) is 0 Å². The van der Waals surface area contributed by atoms with Gasteiger partial charge in [-0.25, -0.2) is 4.98 Å². The van der Waals surface area contributed by atoms with Gasteiger partial charge in [0.25, 0.3) is 0 Å². The van der Waals surface area contributed by atoms with Crippen LogP contribution >= 0.6 is 0 Å². The number of aromatic nitrogens is 4. The van der Waals surface area contributed by atoms with Crippen LogP contribution in [-0.2, 0) is 13.6 Å². The topological polar surface area (TPSA) is 56.1 Å². The van der Waals surface area contributed by atoms with E-state index in [1.54, 1.807) is 0 Å². The molecule has 1 saturated heterocycles. The zero-order valence-electron chi connectivity index (χ0n) is 15.2. The van der Waals surface area contributed by atoms with Gasteiger partial charge in [0.2, 0.25) is 5.88 Å². The molecule has 3 heterocycles. The fourth-order valence-corrected chi connectivity index (χ4v) is 3.38. The van der Waals surface area contributed by atoms with E-state index >= 15 is 0 Å². The Morgan fingerprint density at radius 2 is 2.00 bits per heavy atom. The van der Waals surface area contributed by atoms with E-state index in [2.05, 4.69) is 26.0 Å². The average Bonchev–Trinajstić information content (AvgIpc) is 3.25. The number of benzene rings is 1. The number of aryl methyl sites for hydroxylation is 2. The number of likely N-dealkylation sites (tertiary alicyclic amines) is 1. The van der Waals surface area contributed by atoms with Crippen LogP contribution in [0, 0.1) is 6.92 Å². The fraction of sp³-hybridized carbons (Fsp3) is 0.350. The van der Waals surface area contributed by atoms with E-state index < -0.39 is 0 Å². The smallest absolute Gasteiger partial charge is 0.222 e. The number of ether oxygens (including phenoxy) is 1. The zero-order valence-corrected chi connectivity index (χ0v) is 15.2. The van der Waals surface area contributed by atoms with E-state index in [0.717, 1.165) is 43.3 Å². The van der Waals surface area contributed by atoms with E-state index in [1.807, 2.05) is 61.2 Å². The van der Waals surface area contributed by atoms with Crippen molar-refractivity contribution in [2.24, 2.45) is 7.05 Å². The molecule has 0 radical (unpaired) electrons. The maximum absolute atomic E-state index is 5.91. The van der Waals surface area contributed by atoms with Gasteiger partial charge < -0.3 is 4.74 Å². The summed E-state index contributed by atoms with van der Waals surface area (Å²) in [5.41, 5.74) is 2.16. The first-order valence-corrected chi connectivity index (χ1v) is 8.95. The fourth-order valence-electron chi connectivity index (χ4n) is 3.38. The SMILES string of the molecule is Cc1cc(Oc2ccccc2)nc(C2CCN(Cc3ccnn3C)C2)n1. The lowest BCUT2D eigenvalue weighted by Gasteiger charge is -2.16. The predicted molar refractivity (Wildman–Crippen MR) is 99.1 cm³/mol. The zero-order chi connectivity index (χ0) is 17.9. The van der Waals surface area contributed by atoms with Crippen LogP contribution < -0.4 is 4.74 Å². The molecule has 2 aromatic heterocycles. The molecule has 1 fully saturated rings. The summed E-state index contributed by atoms with van der Waals surface area (Å²) in [7, 11) is 1.99. The molecule has 4 rings (SSSR count).